The largest absolute Gasteiger partial charge is 0.393 e. The maximum Gasteiger partial charge on any atom is 0.174 e. The van der Waals surface area contributed by atoms with E-state index in [4.69, 9.17) is 18.9 Å². The van der Waals surface area contributed by atoms with Gasteiger partial charge in [0.25, 0.3) is 0 Å². The number of Topliss-reactive ketones (excluding diaryl/α,β-unsaturated/α-hetero) is 1. The molecule has 0 aromatic rings. The van der Waals surface area contributed by atoms with E-state index in [0.29, 0.717) is 55.5 Å². The Morgan fingerprint density at radius 3 is 1.54 bits per heavy atom. The van der Waals surface area contributed by atoms with E-state index < -0.39 is 0 Å². The van der Waals surface area contributed by atoms with Gasteiger partial charge in [-0.3, -0.25) is 4.79 Å². The topological polar surface area (TPSA) is 74.2 Å². The van der Waals surface area contributed by atoms with Gasteiger partial charge in [0.1, 0.15) is 5.78 Å². The summed E-state index contributed by atoms with van der Waals surface area (Å²) in [5.74, 6) is 1.37. The van der Waals surface area contributed by atoms with Crippen molar-refractivity contribution in [1.29, 1.82) is 0 Å². The van der Waals surface area contributed by atoms with E-state index in [1.165, 1.54) is 12.8 Å². The molecule has 2 aliphatic heterocycles. The lowest BCUT2D eigenvalue weighted by molar-refractivity contribution is -0.233. The molecule has 2 spiro atoms. The van der Waals surface area contributed by atoms with Gasteiger partial charge in [0, 0.05) is 36.5 Å². The van der Waals surface area contributed by atoms with E-state index in [-0.39, 0.29) is 17.7 Å². The van der Waals surface area contributed by atoms with Crippen molar-refractivity contribution in [2.24, 2.45) is 23.7 Å². The summed E-state index contributed by atoms with van der Waals surface area (Å²) < 4.78 is 23.1. The fourth-order valence-electron chi connectivity index (χ4n) is 6.55. The summed E-state index contributed by atoms with van der Waals surface area (Å²) in [6, 6.07) is 0. The number of ether oxygens (including phenoxy) is 4. The standard InChI is InChI=1S/C10H16O3.C10H14O3/c2*11-9-5-7-1-2-8(6-9)10(7)12-3-4-13-10/h7-9,11H,1-6H2;7-8H,1-6H2. The SMILES string of the molecule is O=C1CC2CCC(C1)C21OCCO1.OC1CC2CCC(C1)C21OCCO1. The summed E-state index contributed by atoms with van der Waals surface area (Å²) in [6.07, 6.45) is 7.53. The molecule has 0 aromatic heterocycles. The third-order valence-electron chi connectivity index (χ3n) is 7.54. The van der Waals surface area contributed by atoms with Gasteiger partial charge in [0.15, 0.2) is 11.6 Å². The van der Waals surface area contributed by atoms with Crippen LogP contribution in [0.5, 0.6) is 0 Å². The van der Waals surface area contributed by atoms with Crippen molar-refractivity contribution in [1.82, 2.24) is 0 Å². The highest BCUT2D eigenvalue weighted by molar-refractivity contribution is 5.80. The number of hydrogen-bond acceptors (Lipinski definition) is 6. The Labute approximate surface area is 154 Å². The van der Waals surface area contributed by atoms with Crippen LogP contribution in [0.3, 0.4) is 0 Å². The summed E-state index contributed by atoms with van der Waals surface area (Å²) in [5, 5.41) is 9.62. The van der Waals surface area contributed by atoms with Crippen molar-refractivity contribution in [3.05, 3.63) is 0 Å². The summed E-state index contributed by atoms with van der Waals surface area (Å²) in [4.78, 5) is 11.4. The third kappa shape index (κ3) is 2.60. The zero-order chi connectivity index (χ0) is 17.8. The maximum absolute atomic E-state index is 11.4. The van der Waals surface area contributed by atoms with Crippen LogP contribution in [0.2, 0.25) is 0 Å². The molecule has 0 amide bonds. The van der Waals surface area contributed by atoms with E-state index in [0.717, 1.165) is 38.9 Å². The quantitative estimate of drug-likeness (QED) is 0.707. The van der Waals surface area contributed by atoms with E-state index in [1.807, 2.05) is 0 Å². The number of carbonyl (C=O) groups excluding carboxylic acids is 1. The first-order valence-corrected chi connectivity index (χ1v) is 10.4. The normalized spacial score (nSPS) is 44.5. The molecule has 2 saturated heterocycles. The van der Waals surface area contributed by atoms with Gasteiger partial charge in [-0.15, -0.1) is 0 Å². The highest BCUT2D eigenvalue weighted by Gasteiger charge is 2.59. The number of carbonyl (C=O) groups is 1. The molecule has 6 nitrogen and oxygen atoms in total. The van der Waals surface area contributed by atoms with Crippen molar-refractivity contribution in [2.75, 3.05) is 26.4 Å². The van der Waals surface area contributed by atoms with Gasteiger partial charge in [-0.05, 0) is 38.5 Å². The number of aliphatic hydroxyl groups is 1. The molecule has 6 aliphatic rings. The first-order chi connectivity index (χ1) is 12.6. The van der Waals surface area contributed by atoms with Gasteiger partial charge in [0.05, 0.1) is 32.5 Å². The van der Waals surface area contributed by atoms with Gasteiger partial charge < -0.3 is 24.1 Å². The van der Waals surface area contributed by atoms with Crippen molar-refractivity contribution < 1.29 is 28.8 Å². The van der Waals surface area contributed by atoms with Gasteiger partial charge in [-0.2, -0.15) is 0 Å². The number of hydrogen-bond donors (Lipinski definition) is 1. The van der Waals surface area contributed by atoms with Crippen LogP contribution in [0.1, 0.15) is 51.4 Å². The molecular weight excluding hydrogens is 336 g/mol. The van der Waals surface area contributed by atoms with Crippen LogP contribution < -0.4 is 0 Å². The minimum Gasteiger partial charge on any atom is -0.393 e. The number of aliphatic hydroxyl groups excluding tert-OH is 1. The first-order valence-electron chi connectivity index (χ1n) is 10.4. The second-order valence-corrected chi connectivity index (χ2v) is 8.85. The Kier molecular flexibility index (Phi) is 4.40. The predicted octanol–water partition coefficient (Wildman–Crippen LogP) is 2.03. The molecule has 26 heavy (non-hydrogen) atoms. The van der Waals surface area contributed by atoms with Crippen LogP contribution in [0.15, 0.2) is 0 Å². The molecule has 1 N–H and O–H groups in total. The molecule has 6 fully saturated rings. The summed E-state index contributed by atoms with van der Waals surface area (Å²) in [6.45, 7) is 2.90. The molecule has 4 saturated carbocycles. The van der Waals surface area contributed by atoms with Crippen LogP contribution in [-0.2, 0) is 23.7 Å². The second-order valence-electron chi connectivity index (χ2n) is 8.85. The molecule has 0 radical (unpaired) electrons. The van der Waals surface area contributed by atoms with Crippen molar-refractivity contribution >= 4 is 5.78 Å². The average Bonchev–Trinajstić information content (AvgIpc) is 3.36. The van der Waals surface area contributed by atoms with Crippen molar-refractivity contribution in [3.63, 3.8) is 0 Å². The summed E-state index contributed by atoms with van der Waals surface area (Å²) >= 11 is 0. The van der Waals surface area contributed by atoms with Gasteiger partial charge in [-0.25, -0.2) is 0 Å². The Hall–Kier alpha value is -0.530. The molecule has 4 bridgehead atoms. The Bertz CT molecular complexity index is 517. The third-order valence-corrected chi connectivity index (χ3v) is 7.54. The van der Waals surface area contributed by atoms with Crippen LogP contribution in [0.4, 0.5) is 0 Å². The molecule has 4 unspecified atom stereocenters. The number of ketones is 1. The first kappa shape index (κ1) is 17.6. The van der Waals surface area contributed by atoms with Crippen LogP contribution in [0, 0.1) is 23.7 Å². The summed E-state index contributed by atoms with van der Waals surface area (Å²) in [5.41, 5.74) is 0. The van der Waals surface area contributed by atoms with E-state index in [1.54, 1.807) is 0 Å². The second kappa shape index (κ2) is 6.52. The number of rotatable bonds is 0. The lowest BCUT2D eigenvalue weighted by Crippen LogP contribution is -2.47. The minimum absolute atomic E-state index is 0.115. The lowest BCUT2D eigenvalue weighted by Gasteiger charge is -2.40. The van der Waals surface area contributed by atoms with E-state index >= 15 is 0 Å². The Morgan fingerprint density at radius 2 is 1.08 bits per heavy atom. The zero-order valence-corrected chi connectivity index (χ0v) is 15.4. The lowest BCUT2D eigenvalue weighted by atomic mass is 9.81. The van der Waals surface area contributed by atoms with Crippen LogP contribution in [0.25, 0.3) is 0 Å². The maximum atomic E-state index is 11.4. The van der Waals surface area contributed by atoms with Gasteiger partial charge in [-0.1, -0.05) is 0 Å². The van der Waals surface area contributed by atoms with Crippen LogP contribution >= 0.6 is 0 Å². The van der Waals surface area contributed by atoms with E-state index in [9.17, 15) is 9.90 Å². The zero-order valence-electron chi connectivity index (χ0n) is 15.4. The Balaban J connectivity index is 0.000000115. The van der Waals surface area contributed by atoms with Gasteiger partial charge in [0.2, 0.25) is 0 Å². The molecule has 6 rings (SSSR count). The predicted molar refractivity (Wildman–Crippen MR) is 91.2 cm³/mol. The Morgan fingerprint density at radius 1 is 0.692 bits per heavy atom. The smallest absolute Gasteiger partial charge is 0.174 e. The molecule has 2 heterocycles. The average molecular weight is 366 g/mol. The fraction of sp³-hybridized carbons (Fsp3) is 0.950. The molecule has 4 aliphatic carbocycles. The molecular formula is C20H30O6. The van der Waals surface area contributed by atoms with Crippen molar-refractivity contribution in [3.8, 4) is 0 Å². The van der Waals surface area contributed by atoms with E-state index in [2.05, 4.69) is 0 Å². The van der Waals surface area contributed by atoms with Crippen molar-refractivity contribution in [2.45, 2.75) is 69.0 Å². The van der Waals surface area contributed by atoms with Gasteiger partial charge >= 0.3 is 0 Å². The fourth-order valence-corrected chi connectivity index (χ4v) is 6.55. The molecule has 4 atom stereocenters. The molecule has 6 heteroatoms. The highest BCUT2D eigenvalue weighted by Crippen LogP contribution is 2.54. The minimum atomic E-state index is -0.339. The molecule has 146 valence electrons. The highest BCUT2D eigenvalue weighted by atomic mass is 16.7. The van der Waals surface area contributed by atoms with Crippen LogP contribution in [-0.4, -0.2) is 55.0 Å². The summed E-state index contributed by atoms with van der Waals surface area (Å²) in [7, 11) is 0. The monoisotopic (exact) mass is 366 g/mol. The molecule has 0 aromatic carbocycles.